The molecular weight excluding hydrogens is 190 g/mol. The van der Waals surface area contributed by atoms with Crippen molar-refractivity contribution < 1.29 is 9.53 Å². The topological polar surface area (TPSA) is 38.3 Å². The Morgan fingerprint density at radius 3 is 2.80 bits per heavy atom. The number of nitrogens with one attached hydrogen (secondary N) is 1. The second-order valence-electron chi connectivity index (χ2n) is 2.94. The maximum atomic E-state index is 11.1. The molecule has 1 N–H and O–H groups in total. The normalized spacial score (nSPS) is 9.00. The minimum atomic E-state index is -0.436. The molecule has 15 heavy (non-hydrogen) atoms. The molecule has 1 amide bonds. The van der Waals surface area contributed by atoms with Gasteiger partial charge in [0.1, 0.15) is 6.61 Å². The van der Waals surface area contributed by atoms with E-state index >= 15 is 0 Å². The molecule has 0 aliphatic rings. The zero-order valence-corrected chi connectivity index (χ0v) is 8.40. The Kier molecular flexibility index (Phi) is 4.82. The Hall–Kier alpha value is -1.95. The monoisotopic (exact) mass is 203 g/mol. The molecule has 0 radical (unpaired) electrons. The van der Waals surface area contributed by atoms with Gasteiger partial charge in [0.05, 0.1) is 0 Å². The molecule has 0 aromatic heterocycles. The van der Waals surface area contributed by atoms with Gasteiger partial charge in [0.25, 0.3) is 0 Å². The van der Waals surface area contributed by atoms with Crippen LogP contribution in [-0.2, 0) is 11.3 Å². The lowest BCUT2D eigenvalue weighted by Crippen LogP contribution is -2.24. The number of ether oxygens (including phenoxy) is 1. The molecule has 3 nitrogen and oxygen atoms in total. The van der Waals surface area contributed by atoms with Crippen molar-refractivity contribution in [3.05, 3.63) is 35.9 Å². The first kappa shape index (κ1) is 11.1. The van der Waals surface area contributed by atoms with E-state index in [0.717, 1.165) is 5.56 Å². The summed E-state index contributed by atoms with van der Waals surface area (Å²) in [6.45, 7) is 0.729. The first-order valence-corrected chi connectivity index (χ1v) is 4.71. The average Bonchev–Trinajstić information content (AvgIpc) is 2.28. The van der Waals surface area contributed by atoms with E-state index in [9.17, 15) is 4.79 Å². The van der Waals surface area contributed by atoms with Crippen LogP contribution in [0.5, 0.6) is 0 Å². The van der Waals surface area contributed by atoms with Crippen molar-refractivity contribution in [2.24, 2.45) is 0 Å². The number of alkyl carbamates (subject to hydrolysis) is 1. The van der Waals surface area contributed by atoms with Crippen molar-refractivity contribution in [3.63, 3.8) is 0 Å². The number of benzene rings is 1. The average molecular weight is 203 g/mol. The quantitative estimate of drug-likeness (QED) is 0.600. The summed E-state index contributed by atoms with van der Waals surface area (Å²) in [4.78, 5) is 11.1. The van der Waals surface area contributed by atoms with Crippen LogP contribution in [0.4, 0.5) is 4.79 Å². The van der Waals surface area contributed by atoms with E-state index in [1.807, 2.05) is 30.3 Å². The van der Waals surface area contributed by atoms with Gasteiger partial charge in [-0.05, 0) is 5.56 Å². The summed E-state index contributed by atoms with van der Waals surface area (Å²) in [7, 11) is 0. The molecule has 78 valence electrons. The predicted molar refractivity (Wildman–Crippen MR) is 58.1 cm³/mol. The molecule has 0 bridgehead atoms. The molecule has 0 atom stereocenters. The molecular formula is C12H13NO2. The lowest BCUT2D eigenvalue weighted by atomic mass is 10.2. The minimum absolute atomic E-state index is 0.280. The molecule has 0 saturated heterocycles. The Balaban J connectivity index is 2.20. The molecule has 0 aliphatic heterocycles. The van der Waals surface area contributed by atoms with E-state index < -0.39 is 6.09 Å². The third kappa shape index (κ3) is 4.72. The van der Waals surface area contributed by atoms with Crippen LogP contribution in [0, 0.1) is 12.3 Å². The Labute approximate surface area is 89.4 Å². The summed E-state index contributed by atoms with van der Waals surface area (Å²) >= 11 is 0. The summed E-state index contributed by atoms with van der Waals surface area (Å²) in [5, 5.41) is 2.55. The standard InChI is InChI=1S/C12H13NO2/c1-2-3-9-13-12(14)15-10-11-7-5-4-6-8-11/h1,4-8H,3,9-10H2,(H,13,14). The number of amides is 1. The van der Waals surface area contributed by atoms with Crippen LogP contribution in [0.1, 0.15) is 12.0 Å². The largest absolute Gasteiger partial charge is 0.445 e. The highest BCUT2D eigenvalue weighted by Gasteiger charge is 2.00. The van der Waals surface area contributed by atoms with Crippen molar-refractivity contribution in [1.82, 2.24) is 5.32 Å². The lowest BCUT2D eigenvalue weighted by Gasteiger charge is -2.05. The zero-order chi connectivity index (χ0) is 10.9. The smallest absolute Gasteiger partial charge is 0.407 e. The van der Waals surface area contributed by atoms with Crippen LogP contribution in [0.3, 0.4) is 0 Å². The van der Waals surface area contributed by atoms with Gasteiger partial charge in [-0.1, -0.05) is 30.3 Å². The van der Waals surface area contributed by atoms with Gasteiger partial charge < -0.3 is 10.1 Å². The lowest BCUT2D eigenvalue weighted by molar-refractivity contribution is 0.140. The van der Waals surface area contributed by atoms with Gasteiger partial charge in [-0.25, -0.2) is 4.79 Å². The van der Waals surface area contributed by atoms with E-state index in [-0.39, 0.29) is 6.61 Å². The van der Waals surface area contributed by atoms with Crippen LogP contribution in [0.15, 0.2) is 30.3 Å². The van der Waals surface area contributed by atoms with Crippen molar-refractivity contribution >= 4 is 6.09 Å². The number of carbonyl (C=O) groups excluding carboxylic acids is 1. The summed E-state index contributed by atoms with van der Waals surface area (Å²) in [6.07, 6.45) is 5.12. The first-order valence-electron chi connectivity index (χ1n) is 4.71. The predicted octanol–water partition coefficient (Wildman–Crippen LogP) is 1.94. The van der Waals surface area contributed by atoms with Crippen LogP contribution in [0.2, 0.25) is 0 Å². The van der Waals surface area contributed by atoms with E-state index in [2.05, 4.69) is 11.2 Å². The number of rotatable bonds is 4. The van der Waals surface area contributed by atoms with Crippen LogP contribution < -0.4 is 5.32 Å². The molecule has 1 rings (SSSR count). The van der Waals surface area contributed by atoms with Gasteiger partial charge in [0.2, 0.25) is 0 Å². The Morgan fingerprint density at radius 1 is 1.40 bits per heavy atom. The van der Waals surface area contributed by atoms with Gasteiger partial charge in [0.15, 0.2) is 0 Å². The van der Waals surface area contributed by atoms with E-state index in [0.29, 0.717) is 13.0 Å². The fraction of sp³-hybridized carbons (Fsp3) is 0.250. The minimum Gasteiger partial charge on any atom is -0.445 e. The number of terminal acetylenes is 1. The van der Waals surface area contributed by atoms with Crippen LogP contribution >= 0.6 is 0 Å². The fourth-order valence-electron chi connectivity index (χ4n) is 1.01. The van der Waals surface area contributed by atoms with E-state index in [1.165, 1.54) is 0 Å². The Morgan fingerprint density at radius 2 is 2.13 bits per heavy atom. The second kappa shape index (κ2) is 6.50. The summed E-state index contributed by atoms with van der Waals surface area (Å²) < 4.78 is 4.96. The van der Waals surface area contributed by atoms with Crippen molar-refractivity contribution in [2.75, 3.05) is 6.54 Å². The fourth-order valence-corrected chi connectivity index (χ4v) is 1.01. The number of carbonyl (C=O) groups is 1. The summed E-state index contributed by atoms with van der Waals surface area (Å²) in [5.41, 5.74) is 0.963. The van der Waals surface area contributed by atoms with Crippen LogP contribution in [0.25, 0.3) is 0 Å². The summed E-state index contributed by atoms with van der Waals surface area (Å²) in [5.74, 6) is 2.43. The van der Waals surface area contributed by atoms with Crippen molar-refractivity contribution in [3.8, 4) is 12.3 Å². The molecule has 3 heteroatoms. The molecule has 1 aromatic carbocycles. The Bertz CT molecular complexity index is 340. The molecule has 0 unspecified atom stereocenters. The van der Waals surface area contributed by atoms with Gasteiger partial charge >= 0.3 is 6.09 Å². The molecule has 0 spiro atoms. The van der Waals surface area contributed by atoms with E-state index in [1.54, 1.807) is 0 Å². The molecule has 1 aromatic rings. The first-order chi connectivity index (χ1) is 7.33. The highest BCUT2D eigenvalue weighted by atomic mass is 16.5. The van der Waals surface area contributed by atoms with Gasteiger partial charge in [-0.3, -0.25) is 0 Å². The van der Waals surface area contributed by atoms with E-state index in [4.69, 9.17) is 11.2 Å². The van der Waals surface area contributed by atoms with Gasteiger partial charge in [-0.2, -0.15) is 0 Å². The third-order valence-corrected chi connectivity index (χ3v) is 1.75. The number of hydrogen-bond donors (Lipinski definition) is 1. The highest BCUT2D eigenvalue weighted by Crippen LogP contribution is 2.00. The van der Waals surface area contributed by atoms with Gasteiger partial charge in [0, 0.05) is 13.0 Å². The maximum absolute atomic E-state index is 11.1. The van der Waals surface area contributed by atoms with Crippen molar-refractivity contribution in [2.45, 2.75) is 13.0 Å². The second-order valence-corrected chi connectivity index (χ2v) is 2.94. The highest BCUT2D eigenvalue weighted by molar-refractivity contribution is 5.67. The molecule has 0 saturated carbocycles. The van der Waals surface area contributed by atoms with Crippen molar-refractivity contribution in [1.29, 1.82) is 0 Å². The SMILES string of the molecule is C#CCCNC(=O)OCc1ccccc1. The van der Waals surface area contributed by atoms with Gasteiger partial charge in [-0.15, -0.1) is 12.3 Å². The molecule has 0 fully saturated rings. The zero-order valence-electron chi connectivity index (χ0n) is 8.40. The van der Waals surface area contributed by atoms with Crippen LogP contribution in [-0.4, -0.2) is 12.6 Å². The summed E-state index contributed by atoms with van der Waals surface area (Å²) in [6, 6.07) is 9.50. The number of hydrogen-bond acceptors (Lipinski definition) is 2. The molecule has 0 heterocycles. The maximum Gasteiger partial charge on any atom is 0.407 e. The third-order valence-electron chi connectivity index (χ3n) is 1.75. The molecule has 0 aliphatic carbocycles.